The fourth-order valence-electron chi connectivity index (χ4n) is 1.40. The zero-order chi connectivity index (χ0) is 11.0. The molecular formula is C12H22O2. The smallest absolute Gasteiger partial charge is 0.333 e. The van der Waals surface area contributed by atoms with Crippen molar-refractivity contribution < 1.29 is 9.53 Å². The molecule has 0 aromatic heterocycles. The Labute approximate surface area is 87.3 Å². The van der Waals surface area contributed by atoms with Gasteiger partial charge < -0.3 is 4.74 Å². The summed E-state index contributed by atoms with van der Waals surface area (Å²) in [5, 5.41) is 0. The Hall–Kier alpha value is -0.790. The summed E-state index contributed by atoms with van der Waals surface area (Å²) in [5.41, 5.74) is 0.480. The first-order valence-electron chi connectivity index (χ1n) is 5.44. The minimum atomic E-state index is -0.267. The Morgan fingerprint density at radius 2 is 2.00 bits per heavy atom. The molecule has 0 heterocycles. The summed E-state index contributed by atoms with van der Waals surface area (Å²) in [5.74, 6) is 0.425. The van der Waals surface area contributed by atoms with Crippen LogP contribution in [0.1, 0.15) is 46.5 Å². The second kappa shape index (κ2) is 7.60. The molecule has 1 unspecified atom stereocenters. The number of carbonyl (C=O) groups excluding carboxylic acids is 1. The second-order valence-corrected chi connectivity index (χ2v) is 3.77. The highest BCUT2D eigenvalue weighted by molar-refractivity contribution is 5.86. The Morgan fingerprint density at radius 1 is 1.36 bits per heavy atom. The van der Waals surface area contributed by atoms with E-state index >= 15 is 0 Å². The second-order valence-electron chi connectivity index (χ2n) is 3.77. The van der Waals surface area contributed by atoms with E-state index in [1.54, 1.807) is 6.92 Å². The van der Waals surface area contributed by atoms with Crippen LogP contribution >= 0.6 is 0 Å². The highest BCUT2D eigenvalue weighted by Gasteiger charge is 2.07. The van der Waals surface area contributed by atoms with E-state index in [4.69, 9.17) is 4.74 Å². The SMILES string of the molecule is C=C(C)C(=O)OCCC(CC)CCC. The van der Waals surface area contributed by atoms with Crippen LogP contribution in [0, 0.1) is 5.92 Å². The van der Waals surface area contributed by atoms with E-state index in [2.05, 4.69) is 20.4 Å². The summed E-state index contributed by atoms with van der Waals surface area (Å²) < 4.78 is 5.04. The van der Waals surface area contributed by atoms with Crippen molar-refractivity contribution in [3.8, 4) is 0 Å². The van der Waals surface area contributed by atoms with Gasteiger partial charge in [0.2, 0.25) is 0 Å². The molecule has 1 atom stereocenters. The van der Waals surface area contributed by atoms with Crippen LogP contribution in [0.3, 0.4) is 0 Å². The van der Waals surface area contributed by atoms with Gasteiger partial charge in [0, 0.05) is 5.57 Å². The Kier molecular flexibility index (Phi) is 7.17. The van der Waals surface area contributed by atoms with E-state index in [9.17, 15) is 4.79 Å². The van der Waals surface area contributed by atoms with Crippen molar-refractivity contribution in [3.63, 3.8) is 0 Å². The van der Waals surface area contributed by atoms with Gasteiger partial charge >= 0.3 is 5.97 Å². The van der Waals surface area contributed by atoms with Crippen LogP contribution in [-0.2, 0) is 9.53 Å². The quantitative estimate of drug-likeness (QED) is 0.463. The standard InChI is InChI=1S/C12H22O2/c1-5-7-11(6-2)8-9-14-12(13)10(3)4/h11H,3,5-9H2,1-2,4H3. The molecule has 0 spiro atoms. The number of rotatable bonds is 7. The minimum Gasteiger partial charge on any atom is -0.462 e. The molecule has 82 valence electrons. The average Bonchev–Trinajstić information content (AvgIpc) is 2.16. The van der Waals surface area contributed by atoms with Crippen LogP contribution in [0.2, 0.25) is 0 Å². The molecule has 14 heavy (non-hydrogen) atoms. The van der Waals surface area contributed by atoms with Gasteiger partial charge in [0.25, 0.3) is 0 Å². The molecule has 0 aliphatic rings. The van der Waals surface area contributed by atoms with Crippen molar-refractivity contribution in [3.05, 3.63) is 12.2 Å². The molecule has 0 bridgehead atoms. The average molecular weight is 198 g/mol. The topological polar surface area (TPSA) is 26.3 Å². The van der Waals surface area contributed by atoms with E-state index in [0.717, 1.165) is 6.42 Å². The first-order valence-corrected chi connectivity index (χ1v) is 5.44. The molecule has 0 fully saturated rings. The lowest BCUT2D eigenvalue weighted by atomic mass is 9.98. The van der Waals surface area contributed by atoms with Crippen molar-refractivity contribution in [2.45, 2.75) is 46.5 Å². The summed E-state index contributed by atoms with van der Waals surface area (Å²) in [6, 6.07) is 0. The van der Waals surface area contributed by atoms with Crippen LogP contribution in [0.5, 0.6) is 0 Å². The Balaban J connectivity index is 3.60. The first kappa shape index (κ1) is 13.2. The van der Waals surface area contributed by atoms with Gasteiger partial charge in [0.15, 0.2) is 0 Å². The van der Waals surface area contributed by atoms with Gasteiger partial charge in [-0.25, -0.2) is 4.79 Å². The molecule has 0 N–H and O–H groups in total. The van der Waals surface area contributed by atoms with Gasteiger partial charge in [-0.1, -0.05) is 39.7 Å². The van der Waals surface area contributed by atoms with Gasteiger partial charge in [0.05, 0.1) is 6.61 Å². The highest BCUT2D eigenvalue weighted by Crippen LogP contribution is 2.15. The maximum Gasteiger partial charge on any atom is 0.333 e. The molecule has 0 aromatic rings. The monoisotopic (exact) mass is 198 g/mol. The highest BCUT2D eigenvalue weighted by atomic mass is 16.5. The lowest BCUT2D eigenvalue weighted by molar-refractivity contribution is -0.139. The fraction of sp³-hybridized carbons (Fsp3) is 0.750. The molecule has 0 aromatic carbocycles. The van der Waals surface area contributed by atoms with Crippen LogP contribution in [0.4, 0.5) is 0 Å². The predicted octanol–water partition coefficient (Wildman–Crippen LogP) is 3.32. The van der Waals surface area contributed by atoms with Gasteiger partial charge in [0.1, 0.15) is 0 Å². The molecule has 0 aliphatic carbocycles. The zero-order valence-electron chi connectivity index (χ0n) is 9.64. The van der Waals surface area contributed by atoms with Gasteiger partial charge in [-0.3, -0.25) is 0 Å². The predicted molar refractivity (Wildman–Crippen MR) is 59.1 cm³/mol. The normalized spacial score (nSPS) is 12.2. The first-order chi connectivity index (χ1) is 6.61. The maximum absolute atomic E-state index is 11.0. The molecule has 0 amide bonds. The molecule has 2 heteroatoms. The van der Waals surface area contributed by atoms with Gasteiger partial charge in [-0.2, -0.15) is 0 Å². The molecule has 0 saturated heterocycles. The maximum atomic E-state index is 11.0. The molecule has 0 saturated carbocycles. The number of ether oxygens (including phenoxy) is 1. The number of carbonyl (C=O) groups is 1. The molecular weight excluding hydrogens is 176 g/mol. The third kappa shape index (κ3) is 5.79. The third-order valence-corrected chi connectivity index (χ3v) is 2.38. The van der Waals surface area contributed by atoms with E-state index in [1.807, 2.05) is 0 Å². The largest absolute Gasteiger partial charge is 0.462 e. The van der Waals surface area contributed by atoms with Crippen molar-refractivity contribution in [1.82, 2.24) is 0 Å². The summed E-state index contributed by atoms with van der Waals surface area (Å²) in [7, 11) is 0. The van der Waals surface area contributed by atoms with E-state index in [-0.39, 0.29) is 5.97 Å². The summed E-state index contributed by atoms with van der Waals surface area (Å²) >= 11 is 0. The number of hydrogen-bond acceptors (Lipinski definition) is 2. The lowest BCUT2D eigenvalue weighted by Crippen LogP contribution is -2.10. The molecule has 0 rings (SSSR count). The number of hydrogen-bond donors (Lipinski definition) is 0. The summed E-state index contributed by atoms with van der Waals surface area (Å²) in [6.07, 6.45) is 4.57. The third-order valence-electron chi connectivity index (χ3n) is 2.38. The Bertz CT molecular complexity index is 185. The molecule has 2 nitrogen and oxygen atoms in total. The van der Waals surface area contributed by atoms with Crippen LogP contribution in [-0.4, -0.2) is 12.6 Å². The Morgan fingerprint density at radius 3 is 2.43 bits per heavy atom. The van der Waals surface area contributed by atoms with E-state index in [1.165, 1.54) is 19.3 Å². The fourth-order valence-corrected chi connectivity index (χ4v) is 1.40. The minimum absolute atomic E-state index is 0.267. The van der Waals surface area contributed by atoms with Crippen LogP contribution in [0.15, 0.2) is 12.2 Å². The van der Waals surface area contributed by atoms with Crippen molar-refractivity contribution in [1.29, 1.82) is 0 Å². The van der Waals surface area contributed by atoms with E-state index in [0.29, 0.717) is 18.1 Å². The molecule has 0 radical (unpaired) electrons. The van der Waals surface area contributed by atoms with Crippen molar-refractivity contribution >= 4 is 5.97 Å². The van der Waals surface area contributed by atoms with Gasteiger partial charge in [-0.05, 0) is 19.3 Å². The number of esters is 1. The van der Waals surface area contributed by atoms with E-state index < -0.39 is 0 Å². The summed E-state index contributed by atoms with van der Waals surface area (Å²) in [6.45, 7) is 10.1. The van der Waals surface area contributed by atoms with Crippen molar-refractivity contribution in [2.75, 3.05) is 6.61 Å². The van der Waals surface area contributed by atoms with Crippen LogP contribution in [0.25, 0.3) is 0 Å². The summed E-state index contributed by atoms with van der Waals surface area (Å²) in [4.78, 5) is 11.0. The lowest BCUT2D eigenvalue weighted by Gasteiger charge is -2.13. The molecule has 0 aliphatic heterocycles. The van der Waals surface area contributed by atoms with Crippen LogP contribution < -0.4 is 0 Å². The van der Waals surface area contributed by atoms with Gasteiger partial charge in [-0.15, -0.1) is 0 Å². The van der Waals surface area contributed by atoms with Crippen molar-refractivity contribution in [2.24, 2.45) is 5.92 Å². The zero-order valence-corrected chi connectivity index (χ0v) is 9.64.